The molecule has 0 radical (unpaired) electrons. The molecule has 2 aromatic rings. The van der Waals surface area contributed by atoms with E-state index in [0.717, 1.165) is 21.7 Å². The Morgan fingerprint density at radius 3 is 2.13 bits per heavy atom. The summed E-state index contributed by atoms with van der Waals surface area (Å²) in [5, 5.41) is 8.45. The molecule has 0 saturated carbocycles. The van der Waals surface area contributed by atoms with Crippen molar-refractivity contribution >= 4 is 28.9 Å². The monoisotopic (exact) mass is 309 g/mol. The number of carbonyl (C=O) groups excluding carboxylic acids is 2. The first-order valence-corrected chi connectivity index (χ1v) is 7.29. The van der Waals surface area contributed by atoms with Crippen LogP contribution in [0.5, 0.6) is 0 Å². The summed E-state index contributed by atoms with van der Waals surface area (Å²) in [5.41, 5.74) is 3.75. The minimum atomic E-state index is -0.325. The SMILES string of the molecule is CC(=O)N(C(C)=O)c1cc(N=Nc2ccccc2C)ccc1C. The summed E-state index contributed by atoms with van der Waals surface area (Å²) < 4.78 is 0. The first-order chi connectivity index (χ1) is 10.9. The van der Waals surface area contributed by atoms with Gasteiger partial charge in [-0.25, -0.2) is 0 Å². The molecule has 0 spiro atoms. The maximum atomic E-state index is 11.7. The third kappa shape index (κ3) is 3.88. The lowest BCUT2D eigenvalue weighted by molar-refractivity contribution is -0.124. The molecular weight excluding hydrogens is 290 g/mol. The number of carbonyl (C=O) groups is 2. The molecule has 2 aromatic carbocycles. The van der Waals surface area contributed by atoms with Gasteiger partial charge in [-0.2, -0.15) is 10.2 Å². The zero-order valence-corrected chi connectivity index (χ0v) is 13.7. The van der Waals surface area contributed by atoms with Gasteiger partial charge < -0.3 is 0 Å². The minimum absolute atomic E-state index is 0.325. The summed E-state index contributed by atoms with van der Waals surface area (Å²) in [4.78, 5) is 24.6. The predicted molar refractivity (Wildman–Crippen MR) is 90.4 cm³/mol. The molecule has 0 unspecified atom stereocenters. The van der Waals surface area contributed by atoms with Crippen LogP contribution in [-0.2, 0) is 9.59 Å². The molecule has 118 valence electrons. The maximum Gasteiger partial charge on any atom is 0.230 e. The second kappa shape index (κ2) is 6.96. The fraction of sp³-hybridized carbons (Fsp3) is 0.222. The lowest BCUT2D eigenvalue weighted by Crippen LogP contribution is -2.33. The molecule has 0 aromatic heterocycles. The second-order valence-corrected chi connectivity index (χ2v) is 5.33. The van der Waals surface area contributed by atoms with E-state index in [1.165, 1.54) is 13.8 Å². The zero-order valence-electron chi connectivity index (χ0n) is 13.7. The topological polar surface area (TPSA) is 62.1 Å². The van der Waals surface area contributed by atoms with Crippen molar-refractivity contribution in [3.8, 4) is 0 Å². The average Bonchev–Trinajstić information content (AvgIpc) is 2.48. The Balaban J connectivity index is 2.39. The summed E-state index contributed by atoms with van der Waals surface area (Å²) in [6.45, 7) is 6.53. The number of rotatable bonds is 3. The Kier molecular flexibility index (Phi) is 5.01. The van der Waals surface area contributed by atoms with Crippen molar-refractivity contribution < 1.29 is 9.59 Å². The van der Waals surface area contributed by atoms with E-state index >= 15 is 0 Å². The Hall–Kier alpha value is -2.82. The van der Waals surface area contributed by atoms with Crippen LogP contribution in [-0.4, -0.2) is 11.8 Å². The van der Waals surface area contributed by atoms with Gasteiger partial charge in [-0.1, -0.05) is 24.3 Å². The summed E-state index contributed by atoms with van der Waals surface area (Å²) >= 11 is 0. The van der Waals surface area contributed by atoms with Crippen molar-refractivity contribution in [2.45, 2.75) is 27.7 Å². The van der Waals surface area contributed by atoms with Crippen molar-refractivity contribution in [2.75, 3.05) is 4.90 Å². The van der Waals surface area contributed by atoms with Gasteiger partial charge in [0.1, 0.15) is 0 Å². The molecule has 5 nitrogen and oxygen atoms in total. The van der Waals surface area contributed by atoms with E-state index in [2.05, 4.69) is 10.2 Å². The number of hydrogen-bond acceptors (Lipinski definition) is 4. The van der Waals surface area contributed by atoms with E-state index in [1.807, 2.05) is 44.2 Å². The lowest BCUT2D eigenvalue weighted by Gasteiger charge is -2.19. The van der Waals surface area contributed by atoms with Gasteiger partial charge in [-0.05, 0) is 43.2 Å². The molecular formula is C18H19N3O2. The molecule has 2 rings (SSSR count). The van der Waals surface area contributed by atoms with E-state index in [1.54, 1.807) is 12.1 Å². The summed E-state index contributed by atoms with van der Waals surface area (Å²) in [6.07, 6.45) is 0. The highest BCUT2D eigenvalue weighted by Gasteiger charge is 2.18. The van der Waals surface area contributed by atoms with E-state index in [4.69, 9.17) is 0 Å². The summed E-state index contributed by atoms with van der Waals surface area (Å²) in [6, 6.07) is 13.0. The van der Waals surface area contributed by atoms with Gasteiger partial charge >= 0.3 is 0 Å². The molecule has 0 N–H and O–H groups in total. The van der Waals surface area contributed by atoms with Crippen LogP contribution in [0, 0.1) is 13.8 Å². The number of nitrogens with zero attached hydrogens (tertiary/aromatic N) is 3. The first-order valence-electron chi connectivity index (χ1n) is 7.29. The molecule has 0 aliphatic rings. The molecule has 0 aliphatic heterocycles. The summed E-state index contributed by atoms with van der Waals surface area (Å²) in [5.74, 6) is -0.651. The van der Waals surface area contributed by atoms with Gasteiger partial charge in [-0.3, -0.25) is 14.5 Å². The molecule has 0 atom stereocenters. The van der Waals surface area contributed by atoms with Gasteiger partial charge in [0.2, 0.25) is 11.8 Å². The minimum Gasteiger partial charge on any atom is -0.274 e. The summed E-state index contributed by atoms with van der Waals surface area (Å²) in [7, 11) is 0. The van der Waals surface area contributed by atoms with Crippen molar-refractivity contribution in [1.82, 2.24) is 0 Å². The largest absolute Gasteiger partial charge is 0.274 e. The van der Waals surface area contributed by atoms with Crippen LogP contribution in [0.4, 0.5) is 17.1 Å². The molecule has 23 heavy (non-hydrogen) atoms. The van der Waals surface area contributed by atoms with Crippen molar-refractivity contribution in [3.05, 3.63) is 53.6 Å². The van der Waals surface area contributed by atoms with Gasteiger partial charge in [0, 0.05) is 13.8 Å². The van der Waals surface area contributed by atoms with Crippen molar-refractivity contribution in [2.24, 2.45) is 10.2 Å². The Morgan fingerprint density at radius 2 is 1.52 bits per heavy atom. The van der Waals surface area contributed by atoms with E-state index in [9.17, 15) is 9.59 Å². The van der Waals surface area contributed by atoms with Crippen LogP contribution >= 0.6 is 0 Å². The van der Waals surface area contributed by atoms with Gasteiger partial charge in [-0.15, -0.1) is 0 Å². The molecule has 2 amide bonds. The quantitative estimate of drug-likeness (QED) is 0.777. The molecule has 0 bridgehead atoms. The van der Waals surface area contributed by atoms with E-state index < -0.39 is 0 Å². The van der Waals surface area contributed by atoms with Crippen LogP contribution in [0.1, 0.15) is 25.0 Å². The molecule has 0 fully saturated rings. The number of amides is 2. The number of aryl methyl sites for hydroxylation is 2. The second-order valence-electron chi connectivity index (χ2n) is 5.33. The maximum absolute atomic E-state index is 11.7. The molecule has 0 heterocycles. The smallest absolute Gasteiger partial charge is 0.230 e. The van der Waals surface area contributed by atoms with E-state index in [0.29, 0.717) is 11.4 Å². The van der Waals surface area contributed by atoms with Gasteiger partial charge in [0.15, 0.2) is 0 Å². The number of hydrogen-bond donors (Lipinski definition) is 0. The normalized spacial score (nSPS) is 10.8. The van der Waals surface area contributed by atoms with Crippen LogP contribution < -0.4 is 4.90 Å². The van der Waals surface area contributed by atoms with Crippen LogP contribution in [0.15, 0.2) is 52.7 Å². The highest BCUT2D eigenvalue weighted by molar-refractivity contribution is 6.13. The highest BCUT2D eigenvalue weighted by Crippen LogP contribution is 2.28. The Bertz CT molecular complexity index is 768. The lowest BCUT2D eigenvalue weighted by atomic mass is 10.1. The number of benzene rings is 2. The highest BCUT2D eigenvalue weighted by atomic mass is 16.2. The van der Waals surface area contributed by atoms with Crippen molar-refractivity contribution in [3.63, 3.8) is 0 Å². The van der Waals surface area contributed by atoms with Crippen LogP contribution in [0.3, 0.4) is 0 Å². The Labute approximate surface area is 135 Å². The third-order valence-electron chi connectivity index (χ3n) is 3.45. The number of azo groups is 1. The Morgan fingerprint density at radius 1 is 0.870 bits per heavy atom. The fourth-order valence-corrected chi connectivity index (χ4v) is 2.25. The average molecular weight is 309 g/mol. The van der Waals surface area contributed by atoms with Gasteiger partial charge in [0.25, 0.3) is 0 Å². The van der Waals surface area contributed by atoms with E-state index in [-0.39, 0.29) is 11.8 Å². The predicted octanol–water partition coefficient (Wildman–Crippen LogP) is 4.62. The zero-order chi connectivity index (χ0) is 17.0. The standard InChI is InChI=1S/C18H19N3O2/c1-12-7-5-6-8-17(12)20-19-16-10-9-13(2)18(11-16)21(14(3)22)15(4)23/h5-11H,1-4H3. The molecule has 5 heteroatoms. The van der Waals surface area contributed by atoms with Gasteiger partial charge in [0.05, 0.1) is 17.1 Å². The number of imide groups is 1. The van der Waals surface area contributed by atoms with Crippen LogP contribution in [0.2, 0.25) is 0 Å². The third-order valence-corrected chi connectivity index (χ3v) is 3.45. The first kappa shape index (κ1) is 16.5. The van der Waals surface area contributed by atoms with Crippen molar-refractivity contribution in [1.29, 1.82) is 0 Å². The molecule has 0 saturated heterocycles. The fourth-order valence-electron chi connectivity index (χ4n) is 2.25. The number of anilines is 1. The van der Waals surface area contributed by atoms with Crippen LogP contribution in [0.25, 0.3) is 0 Å². The molecule has 0 aliphatic carbocycles.